The molecule has 1 atom stereocenters. The summed E-state index contributed by atoms with van der Waals surface area (Å²) in [6, 6.07) is 17.3. The van der Waals surface area contributed by atoms with E-state index >= 15 is 0 Å². The predicted octanol–water partition coefficient (Wildman–Crippen LogP) is 4.41. The average Bonchev–Trinajstić information content (AvgIpc) is 3.41. The van der Waals surface area contributed by atoms with Crippen molar-refractivity contribution >= 4 is 17.2 Å². The lowest BCUT2D eigenvalue weighted by Gasteiger charge is -2.19. The molecule has 1 aliphatic carbocycles. The highest BCUT2D eigenvalue weighted by molar-refractivity contribution is 7.10. The largest absolute Gasteiger partial charge is 0.355 e. The van der Waals surface area contributed by atoms with Crippen LogP contribution >= 0.6 is 11.3 Å². The molecular weight excluding hydrogens is 383 g/mol. The second kappa shape index (κ2) is 9.33. The molecule has 5 heteroatoms. The van der Waals surface area contributed by atoms with Crippen LogP contribution in [0.25, 0.3) is 0 Å². The highest BCUT2D eigenvalue weighted by Gasteiger charge is 2.19. The van der Waals surface area contributed by atoms with Crippen molar-refractivity contribution in [3.8, 4) is 0 Å². The second-order valence-electron chi connectivity index (χ2n) is 7.44. The van der Waals surface area contributed by atoms with Crippen LogP contribution in [0.1, 0.15) is 39.6 Å². The SMILES string of the molecule is O=C(CN[C@@H](c1ccc2c(c1)CCC2)c1cccs1)NCCc1ccc(F)cc1. The number of nitrogens with one attached hydrogen (secondary N) is 2. The average molecular weight is 409 g/mol. The molecule has 0 radical (unpaired) electrons. The molecule has 0 saturated heterocycles. The van der Waals surface area contributed by atoms with E-state index in [1.807, 2.05) is 6.07 Å². The lowest BCUT2D eigenvalue weighted by Crippen LogP contribution is -2.36. The van der Waals surface area contributed by atoms with Gasteiger partial charge in [0, 0.05) is 11.4 Å². The van der Waals surface area contributed by atoms with Crippen LogP contribution in [-0.2, 0) is 24.1 Å². The molecule has 2 aromatic carbocycles. The molecule has 0 unspecified atom stereocenters. The number of halogens is 1. The summed E-state index contributed by atoms with van der Waals surface area (Å²) in [6.45, 7) is 0.789. The van der Waals surface area contributed by atoms with Gasteiger partial charge in [-0.15, -0.1) is 11.3 Å². The summed E-state index contributed by atoms with van der Waals surface area (Å²) in [5.41, 5.74) is 5.12. The zero-order valence-corrected chi connectivity index (χ0v) is 17.1. The van der Waals surface area contributed by atoms with Gasteiger partial charge in [0.2, 0.25) is 5.91 Å². The Kier molecular flexibility index (Phi) is 6.37. The number of carbonyl (C=O) groups excluding carboxylic acids is 1. The summed E-state index contributed by atoms with van der Waals surface area (Å²) in [7, 11) is 0. The molecule has 150 valence electrons. The maximum absolute atomic E-state index is 13.0. The molecule has 29 heavy (non-hydrogen) atoms. The summed E-state index contributed by atoms with van der Waals surface area (Å²) >= 11 is 1.70. The first-order valence-corrected chi connectivity index (χ1v) is 11.0. The first-order chi connectivity index (χ1) is 14.2. The maximum atomic E-state index is 13.0. The van der Waals surface area contributed by atoms with Crippen molar-refractivity contribution in [3.63, 3.8) is 0 Å². The fourth-order valence-corrected chi connectivity index (χ4v) is 4.69. The summed E-state index contributed by atoms with van der Waals surface area (Å²) in [6.07, 6.45) is 4.23. The van der Waals surface area contributed by atoms with E-state index in [2.05, 4.69) is 40.3 Å². The number of fused-ring (bicyclic) bond motifs is 1. The van der Waals surface area contributed by atoms with E-state index in [4.69, 9.17) is 0 Å². The lowest BCUT2D eigenvalue weighted by atomic mass is 10.00. The molecule has 0 aliphatic heterocycles. The summed E-state index contributed by atoms with van der Waals surface area (Å²) in [5.74, 6) is -0.275. The number of benzene rings is 2. The fourth-order valence-electron chi connectivity index (χ4n) is 3.86. The third-order valence-corrected chi connectivity index (χ3v) is 6.34. The van der Waals surface area contributed by atoms with Crippen LogP contribution in [0.2, 0.25) is 0 Å². The Balaban J connectivity index is 1.34. The van der Waals surface area contributed by atoms with Crippen molar-refractivity contribution < 1.29 is 9.18 Å². The van der Waals surface area contributed by atoms with E-state index in [0.717, 1.165) is 12.0 Å². The summed E-state index contributed by atoms with van der Waals surface area (Å²) in [5, 5.41) is 8.45. The van der Waals surface area contributed by atoms with Gasteiger partial charge in [-0.25, -0.2) is 4.39 Å². The van der Waals surface area contributed by atoms with Gasteiger partial charge in [0.1, 0.15) is 5.82 Å². The van der Waals surface area contributed by atoms with Gasteiger partial charge in [-0.05, 0) is 71.5 Å². The predicted molar refractivity (Wildman–Crippen MR) is 116 cm³/mol. The van der Waals surface area contributed by atoms with Crippen molar-refractivity contribution in [1.82, 2.24) is 10.6 Å². The Morgan fingerprint density at radius 3 is 2.69 bits per heavy atom. The molecule has 0 fully saturated rings. The topological polar surface area (TPSA) is 41.1 Å². The Hall–Kier alpha value is -2.50. The first-order valence-electron chi connectivity index (χ1n) is 10.1. The van der Waals surface area contributed by atoms with Crippen LogP contribution < -0.4 is 10.6 Å². The van der Waals surface area contributed by atoms with Gasteiger partial charge in [-0.2, -0.15) is 0 Å². The van der Waals surface area contributed by atoms with Crippen molar-refractivity contribution in [2.75, 3.05) is 13.1 Å². The third-order valence-electron chi connectivity index (χ3n) is 5.40. The molecular formula is C24H25FN2OS. The van der Waals surface area contributed by atoms with E-state index in [9.17, 15) is 9.18 Å². The number of hydrogen-bond donors (Lipinski definition) is 2. The van der Waals surface area contributed by atoms with E-state index in [-0.39, 0.29) is 24.3 Å². The van der Waals surface area contributed by atoms with Crippen LogP contribution in [0.5, 0.6) is 0 Å². The van der Waals surface area contributed by atoms with Crippen molar-refractivity contribution in [2.45, 2.75) is 31.7 Å². The van der Waals surface area contributed by atoms with E-state index in [1.165, 1.54) is 46.5 Å². The van der Waals surface area contributed by atoms with Crippen LogP contribution in [0, 0.1) is 5.82 Å². The Labute approximate surface area is 175 Å². The third kappa shape index (κ3) is 5.11. The maximum Gasteiger partial charge on any atom is 0.233 e. The van der Waals surface area contributed by atoms with E-state index < -0.39 is 0 Å². The summed E-state index contributed by atoms with van der Waals surface area (Å²) < 4.78 is 13.0. The van der Waals surface area contributed by atoms with Gasteiger partial charge in [0.15, 0.2) is 0 Å². The normalized spacial score (nSPS) is 13.8. The zero-order valence-electron chi connectivity index (χ0n) is 16.3. The summed E-state index contributed by atoms with van der Waals surface area (Å²) in [4.78, 5) is 13.6. The van der Waals surface area contributed by atoms with Crippen molar-refractivity contribution in [1.29, 1.82) is 0 Å². The van der Waals surface area contributed by atoms with Gasteiger partial charge in [0.25, 0.3) is 0 Å². The standard InChI is InChI=1S/C24H25FN2OS/c25-21-10-6-17(7-11-21)12-13-26-23(28)16-27-24(22-5-2-14-29-22)20-9-8-18-3-1-4-19(18)15-20/h2,5-11,14-15,24,27H,1,3-4,12-13,16H2,(H,26,28)/t24-/m0/s1. The number of hydrogen-bond acceptors (Lipinski definition) is 3. The number of rotatable bonds is 8. The highest BCUT2D eigenvalue weighted by Crippen LogP contribution is 2.30. The molecule has 0 saturated carbocycles. The fraction of sp³-hybridized carbons (Fsp3) is 0.292. The first kappa shape index (κ1) is 19.8. The Bertz CT molecular complexity index is 954. The zero-order chi connectivity index (χ0) is 20.1. The number of amides is 1. The molecule has 2 N–H and O–H groups in total. The second-order valence-corrected chi connectivity index (χ2v) is 8.42. The molecule has 1 heterocycles. The van der Waals surface area contributed by atoms with Gasteiger partial charge in [-0.3, -0.25) is 10.1 Å². The molecule has 1 aromatic heterocycles. The van der Waals surface area contributed by atoms with E-state index in [0.29, 0.717) is 13.0 Å². The number of carbonyl (C=O) groups is 1. The minimum absolute atomic E-state index is 0.0174. The molecule has 1 amide bonds. The Morgan fingerprint density at radius 2 is 1.90 bits per heavy atom. The highest BCUT2D eigenvalue weighted by atomic mass is 32.1. The monoisotopic (exact) mass is 408 g/mol. The molecule has 1 aliphatic rings. The Morgan fingerprint density at radius 1 is 1.07 bits per heavy atom. The smallest absolute Gasteiger partial charge is 0.233 e. The van der Waals surface area contributed by atoms with E-state index in [1.54, 1.807) is 23.5 Å². The number of thiophene rings is 1. The van der Waals surface area contributed by atoms with Crippen molar-refractivity contribution in [2.24, 2.45) is 0 Å². The van der Waals surface area contributed by atoms with Crippen LogP contribution in [0.15, 0.2) is 60.0 Å². The van der Waals surface area contributed by atoms with Crippen LogP contribution in [0.4, 0.5) is 4.39 Å². The molecule has 0 spiro atoms. The minimum Gasteiger partial charge on any atom is -0.355 e. The van der Waals surface area contributed by atoms with Crippen molar-refractivity contribution in [3.05, 3.63) is 92.9 Å². The minimum atomic E-state index is -0.242. The molecule has 4 rings (SSSR count). The van der Waals surface area contributed by atoms with Crippen LogP contribution in [0.3, 0.4) is 0 Å². The quantitative estimate of drug-likeness (QED) is 0.580. The molecule has 0 bridgehead atoms. The van der Waals surface area contributed by atoms with Crippen LogP contribution in [-0.4, -0.2) is 19.0 Å². The van der Waals surface area contributed by atoms with Gasteiger partial charge < -0.3 is 5.32 Å². The van der Waals surface area contributed by atoms with Gasteiger partial charge in [0.05, 0.1) is 12.6 Å². The van der Waals surface area contributed by atoms with Gasteiger partial charge in [-0.1, -0.05) is 36.4 Å². The van der Waals surface area contributed by atoms with Gasteiger partial charge >= 0.3 is 0 Å². The number of aryl methyl sites for hydroxylation is 2. The molecule has 3 nitrogen and oxygen atoms in total. The lowest BCUT2D eigenvalue weighted by molar-refractivity contribution is -0.120. The molecule has 3 aromatic rings.